The van der Waals surface area contributed by atoms with Gasteiger partial charge < -0.3 is 24.4 Å². The van der Waals surface area contributed by atoms with E-state index in [0.717, 1.165) is 23.4 Å². The number of hydrogen-bond acceptors (Lipinski definition) is 6. The van der Waals surface area contributed by atoms with Crippen LogP contribution in [0.15, 0.2) is 66.7 Å². The Morgan fingerprint density at radius 3 is 2.23 bits per heavy atom. The molecule has 1 heterocycles. The van der Waals surface area contributed by atoms with Crippen LogP contribution in [0.4, 0.5) is 8.78 Å². The molecule has 5 rings (SSSR count). The summed E-state index contributed by atoms with van der Waals surface area (Å²) >= 11 is 0. The number of carbonyl (C=O) groups excluding carboxylic acids is 2. The first-order chi connectivity index (χ1) is 21.0. The molecule has 2 aliphatic rings. The molecule has 1 saturated heterocycles. The Morgan fingerprint density at radius 2 is 1.61 bits per heavy atom. The molecular weight excluding hydrogens is 566 g/mol. The molecule has 44 heavy (non-hydrogen) atoms. The molecule has 2 fully saturated rings. The van der Waals surface area contributed by atoms with Gasteiger partial charge in [-0.3, -0.25) is 4.79 Å². The summed E-state index contributed by atoms with van der Waals surface area (Å²) in [5, 5.41) is 3.49. The molecule has 9 heteroatoms. The molecule has 1 saturated carbocycles. The predicted molar refractivity (Wildman–Crippen MR) is 163 cm³/mol. The summed E-state index contributed by atoms with van der Waals surface area (Å²) in [4.78, 5) is 26.9. The molecule has 1 aliphatic heterocycles. The zero-order chi connectivity index (χ0) is 31.4. The Balaban J connectivity index is 1.05. The van der Waals surface area contributed by atoms with E-state index in [9.17, 15) is 18.4 Å². The number of halogens is 2. The molecule has 0 bridgehead atoms. The topological polar surface area (TPSA) is 77.1 Å². The van der Waals surface area contributed by atoms with Crippen LogP contribution in [0.1, 0.15) is 49.2 Å². The van der Waals surface area contributed by atoms with Crippen molar-refractivity contribution in [2.75, 3.05) is 32.8 Å². The molecular formula is C35H40F2N2O5. The monoisotopic (exact) mass is 606 g/mol. The lowest BCUT2D eigenvalue weighted by Crippen LogP contribution is -2.36. The number of amides is 1. The lowest BCUT2D eigenvalue weighted by Gasteiger charge is -2.21. The number of rotatable bonds is 12. The fourth-order valence-corrected chi connectivity index (χ4v) is 5.76. The number of piperidine rings is 1. The molecule has 3 aromatic carbocycles. The van der Waals surface area contributed by atoms with E-state index in [1.165, 1.54) is 11.6 Å². The third-order valence-corrected chi connectivity index (χ3v) is 8.29. The van der Waals surface area contributed by atoms with Crippen molar-refractivity contribution in [1.82, 2.24) is 10.2 Å². The van der Waals surface area contributed by atoms with Gasteiger partial charge in [-0.25, -0.2) is 13.6 Å². The Morgan fingerprint density at radius 1 is 0.955 bits per heavy atom. The average molecular weight is 607 g/mol. The van der Waals surface area contributed by atoms with Gasteiger partial charge in [-0.2, -0.15) is 0 Å². The van der Waals surface area contributed by atoms with E-state index in [2.05, 4.69) is 26.1 Å². The number of fused-ring (bicyclic) bond motifs is 1. The second kappa shape index (κ2) is 13.3. The van der Waals surface area contributed by atoms with E-state index < -0.39 is 29.6 Å². The van der Waals surface area contributed by atoms with Crippen LogP contribution in [0.3, 0.4) is 0 Å². The van der Waals surface area contributed by atoms with Crippen LogP contribution in [0.25, 0.3) is 0 Å². The molecule has 0 radical (unpaired) electrons. The molecule has 4 atom stereocenters. The second-order valence-electron chi connectivity index (χ2n) is 12.5. The van der Waals surface area contributed by atoms with Crippen LogP contribution in [-0.2, 0) is 21.4 Å². The van der Waals surface area contributed by atoms with Crippen LogP contribution in [0.2, 0.25) is 0 Å². The number of esters is 1. The fraction of sp³-hybridized carbons (Fsp3) is 0.429. The maximum atomic E-state index is 14.0. The maximum absolute atomic E-state index is 14.0. The van der Waals surface area contributed by atoms with Gasteiger partial charge >= 0.3 is 5.97 Å². The van der Waals surface area contributed by atoms with Crippen molar-refractivity contribution in [1.29, 1.82) is 0 Å². The maximum Gasteiger partial charge on any atom is 0.347 e. The molecule has 234 valence electrons. The van der Waals surface area contributed by atoms with Gasteiger partial charge in [0, 0.05) is 38.2 Å². The van der Waals surface area contributed by atoms with E-state index in [4.69, 9.17) is 14.2 Å². The molecule has 0 aromatic heterocycles. The molecule has 0 unspecified atom stereocenters. The van der Waals surface area contributed by atoms with E-state index in [1.54, 1.807) is 11.8 Å². The van der Waals surface area contributed by atoms with Gasteiger partial charge in [-0.1, -0.05) is 45.0 Å². The zero-order valence-electron chi connectivity index (χ0n) is 25.6. The average Bonchev–Trinajstić information content (AvgIpc) is 3.42. The van der Waals surface area contributed by atoms with Gasteiger partial charge in [0.15, 0.2) is 6.10 Å². The molecule has 1 N–H and O–H groups in total. The largest absolute Gasteiger partial charge is 0.492 e. The van der Waals surface area contributed by atoms with Crippen molar-refractivity contribution >= 4 is 11.9 Å². The summed E-state index contributed by atoms with van der Waals surface area (Å²) in [5.74, 6) is -0.337. The molecule has 7 nitrogen and oxygen atoms in total. The number of nitrogens with one attached hydrogen (secondary N) is 1. The van der Waals surface area contributed by atoms with E-state index in [1.807, 2.05) is 48.5 Å². The molecule has 1 aliphatic carbocycles. The number of hydrogen-bond donors (Lipinski definition) is 1. The highest BCUT2D eigenvalue weighted by Gasteiger charge is 2.56. The first-order valence-electron chi connectivity index (χ1n) is 15.2. The second-order valence-corrected chi connectivity index (χ2v) is 12.5. The SMILES string of the molecule is CCOC(=O)[C@H](Cc1ccc(OCCN[C@H]2[C@@H]3CN(C(=O)c4ccc(F)cc4F)C[C@@H]32)cc1)Oc1ccc(C(C)(C)C)cc1. The smallest absolute Gasteiger partial charge is 0.347 e. The Kier molecular flexibility index (Phi) is 9.53. The van der Waals surface area contributed by atoms with Gasteiger partial charge in [0.1, 0.15) is 29.7 Å². The normalized spacial score (nSPS) is 19.7. The minimum absolute atomic E-state index is 0.0232. The van der Waals surface area contributed by atoms with Gasteiger partial charge in [0.05, 0.1) is 12.2 Å². The Labute approximate surface area is 257 Å². The quantitative estimate of drug-likeness (QED) is 0.215. The lowest BCUT2D eigenvalue weighted by atomic mass is 9.87. The van der Waals surface area contributed by atoms with Crippen LogP contribution in [0, 0.1) is 23.5 Å². The minimum Gasteiger partial charge on any atom is -0.492 e. The highest BCUT2D eigenvalue weighted by Crippen LogP contribution is 2.45. The number of ether oxygens (including phenoxy) is 3. The minimum atomic E-state index is -0.829. The standard InChI is InChI=1S/C35H40F2N2O5/c1-5-42-34(41)31(44-26-13-8-23(9-14-26)35(2,3)4)18-22-6-11-25(12-7-22)43-17-16-38-32-28-20-39(21-29(28)32)33(40)27-15-10-24(36)19-30(27)37/h6-15,19,28-29,31-32,38H,5,16-18,20-21H2,1-4H3/t28-,29+,31-,32+/m0/s1. The third-order valence-electron chi connectivity index (χ3n) is 8.29. The summed E-state index contributed by atoms with van der Waals surface area (Å²) in [6.07, 6.45) is -0.412. The van der Waals surface area contributed by atoms with Crippen LogP contribution >= 0.6 is 0 Å². The summed E-state index contributed by atoms with van der Waals surface area (Å²) < 4.78 is 44.4. The van der Waals surface area contributed by atoms with E-state index >= 15 is 0 Å². The summed E-state index contributed by atoms with van der Waals surface area (Å²) in [6, 6.07) is 18.7. The summed E-state index contributed by atoms with van der Waals surface area (Å²) in [5.41, 5.74) is 2.04. The van der Waals surface area contributed by atoms with Crippen molar-refractivity contribution in [3.63, 3.8) is 0 Å². The fourth-order valence-electron chi connectivity index (χ4n) is 5.76. The van der Waals surface area contributed by atoms with Crippen molar-refractivity contribution in [2.24, 2.45) is 11.8 Å². The number of nitrogens with zero attached hydrogens (tertiary/aromatic N) is 1. The van der Waals surface area contributed by atoms with Crippen molar-refractivity contribution < 1.29 is 32.6 Å². The van der Waals surface area contributed by atoms with Gasteiger partial charge in [-0.15, -0.1) is 0 Å². The Hall–Kier alpha value is -3.98. The van der Waals surface area contributed by atoms with Crippen molar-refractivity contribution in [2.45, 2.75) is 51.7 Å². The van der Waals surface area contributed by atoms with E-state index in [-0.39, 0.29) is 17.6 Å². The van der Waals surface area contributed by atoms with Crippen LogP contribution in [0.5, 0.6) is 11.5 Å². The van der Waals surface area contributed by atoms with Crippen molar-refractivity contribution in [3.8, 4) is 11.5 Å². The van der Waals surface area contributed by atoms with Crippen molar-refractivity contribution in [3.05, 3.63) is 95.1 Å². The number of carbonyl (C=O) groups is 2. The first kappa shape index (κ1) is 31.4. The summed E-state index contributed by atoms with van der Waals surface area (Å²) in [6.45, 7) is 10.7. The predicted octanol–water partition coefficient (Wildman–Crippen LogP) is 5.55. The molecule has 3 aromatic rings. The lowest BCUT2D eigenvalue weighted by molar-refractivity contribution is -0.151. The zero-order valence-corrected chi connectivity index (χ0v) is 25.6. The van der Waals surface area contributed by atoms with Crippen LogP contribution in [-0.4, -0.2) is 61.8 Å². The Bertz CT molecular complexity index is 1440. The molecule has 0 spiro atoms. The highest BCUT2D eigenvalue weighted by atomic mass is 19.1. The van der Waals surface area contributed by atoms with Crippen LogP contribution < -0.4 is 14.8 Å². The first-order valence-corrected chi connectivity index (χ1v) is 15.2. The van der Waals surface area contributed by atoms with E-state index in [0.29, 0.717) is 56.3 Å². The van der Waals surface area contributed by atoms with Gasteiger partial charge in [0.2, 0.25) is 0 Å². The van der Waals surface area contributed by atoms with Gasteiger partial charge in [-0.05, 0) is 71.7 Å². The third kappa shape index (κ3) is 7.56. The number of likely N-dealkylation sites (tertiary alicyclic amines) is 1. The summed E-state index contributed by atoms with van der Waals surface area (Å²) in [7, 11) is 0. The molecule has 1 amide bonds. The number of benzene rings is 3. The van der Waals surface area contributed by atoms with Gasteiger partial charge in [0.25, 0.3) is 5.91 Å². The highest BCUT2D eigenvalue weighted by molar-refractivity contribution is 5.94.